The molecular weight excluding hydrogens is 254 g/mol. The van der Waals surface area contributed by atoms with E-state index >= 15 is 0 Å². The Labute approximate surface area is 119 Å². The summed E-state index contributed by atoms with van der Waals surface area (Å²) in [6.45, 7) is 5.39. The maximum atomic E-state index is 12.3. The topological polar surface area (TPSA) is 53.4 Å². The first-order valence-corrected chi connectivity index (χ1v) is 7.45. The van der Waals surface area contributed by atoms with Gasteiger partial charge < -0.3 is 14.8 Å². The van der Waals surface area contributed by atoms with Crippen molar-refractivity contribution in [3.05, 3.63) is 18.2 Å². The molecule has 0 saturated carbocycles. The molecule has 1 aromatic rings. The monoisotopic (exact) mass is 277 g/mol. The summed E-state index contributed by atoms with van der Waals surface area (Å²) in [6.07, 6.45) is 5.92. The number of piperazine rings is 1. The Morgan fingerprint density at radius 3 is 2.80 bits per heavy atom. The number of hydrogen-bond acceptors (Lipinski definition) is 4. The molecule has 110 valence electrons. The Morgan fingerprint density at radius 2 is 2.20 bits per heavy atom. The van der Waals surface area contributed by atoms with Crippen LogP contribution in [-0.2, 0) is 18.4 Å². The fourth-order valence-electron chi connectivity index (χ4n) is 2.99. The van der Waals surface area contributed by atoms with Gasteiger partial charge in [-0.2, -0.15) is 0 Å². The fraction of sp³-hybridized carbons (Fsp3) is 0.714. The van der Waals surface area contributed by atoms with Gasteiger partial charge in [0.15, 0.2) is 0 Å². The van der Waals surface area contributed by atoms with Crippen LogP contribution in [-0.4, -0.2) is 64.0 Å². The summed E-state index contributed by atoms with van der Waals surface area (Å²) in [7, 11) is 2.02. The van der Waals surface area contributed by atoms with Crippen molar-refractivity contribution < 1.29 is 4.79 Å². The molecule has 0 bridgehead atoms. The number of nitrogens with one attached hydrogen (secondary N) is 1. The molecule has 0 radical (unpaired) electrons. The first-order valence-electron chi connectivity index (χ1n) is 7.45. The summed E-state index contributed by atoms with van der Waals surface area (Å²) in [4.78, 5) is 21.0. The lowest BCUT2D eigenvalue weighted by Gasteiger charge is -2.35. The van der Waals surface area contributed by atoms with Crippen molar-refractivity contribution in [3.8, 4) is 0 Å². The third kappa shape index (κ3) is 2.86. The molecule has 0 spiro atoms. The summed E-state index contributed by atoms with van der Waals surface area (Å²) in [5, 5.41) is 3.29. The van der Waals surface area contributed by atoms with Crippen molar-refractivity contribution in [2.75, 3.05) is 32.7 Å². The molecule has 0 aliphatic carbocycles. The second-order valence-corrected chi connectivity index (χ2v) is 5.70. The number of amides is 1. The zero-order valence-corrected chi connectivity index (χ0v) is 12.1. The number of aromatic nitrogens is 2. The van der Waals surface area contributed by atoms with Gasteiger partial charge in [-0.1, -0.05) is 0 Å². The minimum atomic E-state index is 0.0658. The molecule has 1 atom stereocenters. The lowest BCUT2D eigenvalue weighted by molar-refractivity contribution is -0.134. The zero-order chi connectivity index (χ0) is 13.9. The van der Waals surface area contributed by atoms with Crippen LogP contribution in [0.3, 0.4) is 0 Å². The van der Waals surface area contributed by atoms with Crippen LogP contribution >= 0.6 is 0 Å². The third-order valence-electron chi connectivity index (χ3n) is 4.33. The predicted molar refractivity (Wildman–Crippen MR) is 76.1 cm³/mol. The second-order valence-electron chi connectivity index (χ2n) is 5.70. The summed E-state index contributed by atoms with van der Waals surface area (Å²) >= 11 is 0. The van der Waals surface area contributed by atoms with Crippen molar-refractivity contribution in [1.29, 1.82) is 0 Å². The van der Waals surface area contributed by atoms with E-state index < -0.39 is 0 Å². The number of hydrogen-bond donors (Lipinski definition) is 1. The number of rotatable bonds is 3. The van der Waals surface area contributed by atoms with Gasteiger partial charge in [0.25, 0.3) is 0 Å². The molecule has 20 heavy (non-hydrogen) atoms. The van der Waals surface area contributed by atoms with E-state index in [4.69, 9.17) is 0 Å². The van der Waals surface area contributed by atoms with Gasteiger partial charge in [-0.25, -0.2) is 4.98 Å². The lowest BCUT2D eigenvalue weighted by Crippen LogP contribution is -2.52. The quantitative estimate of drug-likeness (QED) is 0.832. The van der Waals surface area contributed by atoms with Crippen LogP contribution in [0.25, 0.3) is 0 Å². The first-order chi connectivity index (χ1) is 9.74. The maximum absolute atomic E-state index is 12.3. The van der Waals surface area contributed by atoms with E-state index in [0.717, 1.165) is 57.9 Å². The van der Waals surface area contributed by atoms with Crippen LogP contribution in [0.4, 0.5) is 0 Å². The fourth-order valence-corrected chi connectivity index (χ4v) is 2.99. The van der Waals surface area contributed by atoms with E-state index in [2.05, 4.69) is 19.8 Å². The summed E-state index contributed by atoms with van der Waals surface area (Å²) < 4.78 is 2.06. The minimum absolute atomic E-state index is 0.0658. The molecule has 2 aliphatic rings. The van der Waals surface area contributed by atoms with Crippen LogP contribution in [0, 0.1) is 0 Å². The number of nitrogens with zero attached hydrogens (tertiary/aromatic N) is 4. The molecule has 2 saturated heterocycles. The van der Waals surface area contributed by atoms with Gasteiger partial charge in [0, 0.05) is 45.6 Å². The molecule has 6 nitrogen and oxygen atoms in total. The van der Waals surface area contributed by atoms with Crippen LogP contribution in [0.15, 0.2) is 12.4 Å². The normalized spacial score (nSPS) is 24.2. The number of carbonyl (C=O) groups is 1. The van der Waals surface area contributed by atoms with Crippen LogP contribution in [0.2, 0.25) is 0 Å². The zero-order valence-electron chi connectivity index (χ0n) is 12.1. The average molecular weight is 277 g/mol. The van der Waals surface area contributed by atoms with Crippen molar-refractivity contribution in [2.45, 2.75) is 25.4 Å². The summed E-state index contributed by atoms with van der Waals surface area (Å²) in [5.41, 5.74) is 0. The summed E-state index contributed by atoms with van der Waals surface area (Å²) in [6, 6.07) is 0.0658. The van der Waals surface area contributed by atoms with E-state index in [-0.39, 0.29) is 6.04 Å². The molecule has 2 fully saturated rings. The molecule has 1 N–H and O–H groups in total. The SMILES string of the molecule is Cn1ccnc1CN1CCN(C(=O)[C@@H]2CCCN2)CC1. The van der Waals surface area contributed by atoms with E-state index in [1.165, 1.54) is 0 Å². The Kier molecular flexibility index (Phi) is 4.03. The summed E-state index contributed by atoms with van der Waals surface area (Å²) in [5.74, 6) is 1.38. The average Bonchev–Trinajstić information content (AvgIpc) is 3.12. The molecule has 0 aromatic carbocycles. The second kappa shape index (κ2) is 5.93. The van der Waals surface area contributed by atoms with Crippen LogP contribution in [0.5, 0.6) is 0 Å². The van der Waals surface area contributed by atoms with Gasteiger partial charge in [-0.05, 0) is 19.4 Å². The van der Waals surface area contributed by atoms with Gasteiger partial charge in [-0.15, -0.1) is 0 Å². The van der Waals surface area contributed by atoms with Gasteiger partial charge in [0.05, 0.1) is 12.6 Å². The molecule has 0 unspecified atom stereocenters. The molecule has 2 aliphatic heterocycles. The van der Waals surface area contributed by atoms with Gasteiger partial charge >= 0.3 is 0 Å². The highest BCUT2D eigenvalue weighted by atomic mass is 16.2. The van der Waals surface area contributed by atoms with Crippen molar-refractivity contribution in [1.82, 2.24) is 24.7 Å². The van der Waals surface area contributed by atoms with Gasteiger partial charge in [0.2, 0.25) is 5.91 Å². The van der Waals surface area contributed by atoms with Gasteiger partial charge in [0.1, 0.15) is 5.82 Å². The van der Waals surface area contributed by atoms with E-state index in [9.17, 15) is 4.79 Å². The van der Waals surface area contributed by atoms with E-state index in [0.29, 0.717) is 5.91 Å². The Bertz CT molecular complexity index is 458. The lowest BCUT2D eigenvalue weighted by atomic mass is 10.2. The Morgan fingerprint density at radius 1 is 1.40 bits per heavy atom. The molecule has 6 heteroatoms. The largest absolute Gasteiger partial charge is 0.339 e. The molecule has 1 amide bonds. The first kappa shape index (κ1) is 13.6. The molecular formula is C14H23N5O. The Hall–Kier alpha value is -1.40. The molecule has 3 rings (SSSR count). The van der Waals surface area contributed by atoms with Gasteiger partial charge in [-0.3, -0.25) is 9.69 Å². The predicted octanol–water partition coefficient (Wildman–Crippen LogP) is -0.184. The smallest absolute Gasteiger partial charge is 0.239 e. The van der Waals surface area contributed by atoms with Crippen molar-refractivity contribution in [3.63, 3.8) is 0 Å². The standard InChI is InChI=1S/C14H23N5O/c1-17-6-5-16-13(17)11-18-7-9-19(10-8-18)14(20)12-3-2-4-15-12/h5-6,12,15H,2-4,7-11H2,1H3/t12-/m0/s1. The number of imidazole rings is 1. The van der Waals surface area contributed by atoms with E-state index in [1.54, 1.807) is 0 Å². The molecule has 3 heterocycles. The van der Waals surface area contributed by atoms with Crippen LogP contribution in [0.1, 0.15) is 18.7 Å². The molecule has 1 aromatic heterocycles. The highest BCUT2D eigenvalue weighted by Crippen LogP contribution is 2.12. The van der Waals surface area contributed by atoms with Crippen LogP contribution < -0.4 is 5.32 Å². The highest BCUT2D eigenvalue weighted by molar-refractivity contribution is 5.82. The number of carbonyl (C=O) groups excluding carboxylic acids is 1. The third-order valence-corrected chi connectivity index (χ3v) is 4.33. The van der Waals surface area contributed by atoms with E-state index in [1.807, 2.05) is 24.3 Å². The Balaban J connectivity index is 1.49. The highest BCUT2D eigenvalue weighted by Gasteiger charge is 2.29. The van der Waals surface area contributed by atoms with Crippen molar-refractivity contribution >= 4 is 5.91 Å². The maximum Gasteiger partial charge on any atom is 0.239 e. The minimum Gasteiger partial charge on any atom is -0.339 e. The van der Waals surface area contributed by atoms with Crippen molar-refractivity contribution in [2.24, 2.45) is 7.05 Å². The number of aryl methyl sites for hydroxylation is 1.